The van der Waals surface area contributed by atoms with Gasteiger partial charge in [0.05, 0.1) is 11.6 Å². The van der Waals surface area contributed by atoms with Crippen LogP contribution in [-0.4, -0.2) is 19.0 Å². The Hall–Kier alpha value is -2.04. The molecule has 5 heteroatoms. The zero-order chi connectivity index (χ0) is 15.4. The molecule has 4 nitrogen and oxygen atoms in total. The standard InChI is InChI=1S/C18H20N2O2.ClH/c1-13-7-8-17(22-15-5-3-2-4-6-15)16(11-13)20-18(21)14-9-10-19-12-14;/h2-8,11,14,19H,9-10,12H2,1H3,(H,20,21);1H. The van der Waals surface area contributed by atoms with E-state index in [-0.39, 0.29) is 24.2 Å². The van der Waals surface area contributed by atoms with Crippen molar-refractivity contribution in [2.45, 2.75) is 13.3 Å². The molecule has 0 bridgehead atoms. The first-order valence-electron chi connectivity index (χ1n) is 7.57. The first-order chi connectivity index (χ1) is 10.7. The molecule has 1 aliphatic rings. The average molecular weight is 333 g/mol. The van der Waals surface area contributed by atoms with E-state index in [9.17, 15) is 4.79 Å². The predicted octanol–water partition coefficient (Wildman–Crippen LogP) is 3.76. The van der Waals surface area contributed by atoms with Gasteiger partial charge in [-0.25, -0.2) is 0 Å². The molecule has 1 fully saturated rings. The fourth-order valence-electron chi connectivity index (χ4n) is 2.56. The zero-order valence-electron chi connectivity index (χ0n) is 13.0. The van der Waals surface area contributed by atoms with Gasteiger partial charge in [-0.2, -0.15) is 0 Å². The van der Waals surface area contributed by atoms with Gasteiger partial charge in [0.1, 0.15) is 5.75 Å². The van der Waals surface area contributed by atoms with Crippen molar-refractivity contribution in [3.8, 4) is 11.5 Å². The van der Waals surface area contributed by atoms with Crippen LogP contribution < -0.4 is 15.4 Å². The van der Waals surface area contributed by atoms with E-state index in [0.717, 1.165) is 36.5 Å². The first kappa shape index (κ1) is 17.3. The SMILES string of the molecule is Cc1ccc(Oc2ccccc2)c(NC(=O)C2CCNC2)c1.Cl. The molecule has 0 aliphatic carbocycles. The number of amides is 1. The Kier molecular flexibility index (Phi) is 6.02. The number of rotatable bonds is 4. The summed E-state index contributed by atoms with van der Waals surface area (Å²) in [6.07, 6.45) is 0.881. The second kappa shape index (κ2) is 7.99. The molecule has 2 aromatic rings. The summed E-state index contributed by atoms with van der Waals surface area (Å²) in [5.41, 5.74) is 1.81. The van der Waals surface area contributed by atoms with Gasteiger partial charge in [-0.15, -0.1) is 12.4 Å². The van der Waals surface area contributed by atoms with Gasteiger partial charge in [-0.1, -0.05) is 24.3 Å². The molecule has 0 aromatic heterocycles. The monoisotopic (exact) mass is 332 g/mol. The van der Waals surface area contributed by atoms with Gasteiger partial charge in [-0.3, -0.25) is 4.79 Å². The number of carbonyl (C=O) groups is 1. The van der Waals surface area contributed by atoms with Crippen LogP contribution in [0.2, 0.25) is 0 Å². The van der Waals surface area contributed by atoms with E-state index in [4.69, 9.17) is 4.74 Å². The van der Waals surface area contributed by atoms with Crippen molar-refractivity contribution in [1.29, 1.82) is 0 Å². The highest BCUT2D eigenvalue weighted by Crippen LogP contribution is 2.31. The lowest BCUT2D eigenvalue weighted by molar-refractivity contribution is -0.119. The maximum absolute atomic E-state index is 12.3. The molecule has 1 amide bonds. The maximum Gasteiger partial charge on any atom is 0.228 e. The number of para-hydroxylation sites is 1. The van der Waals surface area contributed by atoms with Crippen LogP contribution >= 0.6 is 12.4 Å². The van der Waals surface area contributed by atoms with Crippen LogP contribution in [0.1, 0.15) is 12.0 Å². The van der Waals surface area contributed by atoms with Crippen molar-refractivity contribution < 1.29 is 9.53 Å². The topological polar surface area (TPSA) is 50.4 Å². The lowest BCUT2D eigenvalue weighted by atomic mass is 10.1. The summed E-state index contributed by atoms with van der Waals surface area (Å²) in [5.74, 6) is 1.50. The largest absolute Gasteiger partial charge is 0.455 e. The van der Waals surface area contributed by atoms with Crippen molar-refractivity contribution in [3.05, 3.63) is 54.1 Å². The summed E-state index contributed by atoms with van der Waals surface area (Å²) in [7, 11) is 0. The first-order valence-corrected chi connectivity index (χ1v) is 7.57. The van der Waals surface area contributed by atoms with E-state index in [2.05, 4.69) is 10.6 Å². The van der Waals surface area contributed by atoms with Gasteiger partial charge < -0.3 is 15.4 Å². The van der Waals surface area contributed by atoms with Crippen molar-refractivity contribution in [2.75, 3.05) is 18.4 Å². The van der Waals surface area contributed by atoms with E-state index in [1.54, 1.807) is 0 Å². The maximum atomic E-state index is 12.3. The molecule has 1 unspecified atom stereocenters. The number of aryl methyl sites for hydroxylation is 1. The lowest BCUT2D eigenvalue weighted by Crippen LogP contribution is -2.24. The van der Waals surface area contributed by atoms with Crippen LogP contribution in [-0.2, 0) is 4.79 Å². The van der Waals surface area contributed by atoms with Crippen molar-refractivity contribution in [3.63, 3.8) is 0 Å². The molecule has 1 atom stereocenters. The Balaban J connectivity index is 0.00000192. The summed E-state index contributed by atoms with van der Waals surface area (Å²) in [6.45, 7) is 3.64. The Morgan fingerprint density at radius 2 is 2.00 bits per heavy atom. The highest BCUT2D eigenvalue weighted by Gasteiger charge is 2.23. The fourth-order valence-corrected chi connectivity index (χ4v) is 2.56. The summed E-state index contributed by atoms with van der Waals surface area (Å²) in [4.78, 5) is 12.3. The van der Waals surface area contributed by atoms with Gasteiger partial charge in [-0.05, 0) is 49.7 Å². The molecule has 1 heterocycles. The molecule has 0 saturated carbocycles. The van der Waals surface area contributed by atoms with E-state index < -0.39 is 0 Å². The molecule has 2 aromatic carbocycles. The van der Waals surface area contributed by atoms with E-state index >= 15 is 0 Å². The Morgan fingerprint density at radius 1 is 1.22 bits per heavy atom. The lowest BCUT2D eigenvalue weighted by Gasteiger charge is -2.15. The summed E-state index contributed by atoms with van der Waals surface area (Å²) >= 11 is 0. The number of ether oxygens (including phenoxy) is 1. The fraction of sp³-hybridized carbons (Fsp3) is 0.278. The third-order valence-electron chi connectivity index (χ3n) is 3.80. The van der Waals surface area contributed by atoms with E-state index in [0.29, 0.717) is 5.75 Å². The Bertz CT molecular complexity index is 655. The number of halogens is 1. The molecule has 2 N–H and O–H groups in total. The van der Waals surface area contributed by atoms with Gasteiger partial charge in [0.15, 0.2) is 5.75 Å². The second-order valence-electron chi connectivity index (χ2n) is 5.59. The Labute approximate surface area is 142 Å². The minimum Gasteiger partial charge on any atom is -0.455 e. The molecule has 0 spiro atoms. The number of hydrogen-bond donors (Lipinski definition) is 2. The zero-order valence-corrected chi connectivity index (χ0v) is 13.9. The summed E-state index contributed by atoms with van der Waals surface area (Å²) in [5, 5.41) is 6.22. The summed E-state index contributed by atoms with van der Waals surface area (Å²) in [6, 6.07) is 15.4. The number of hydrogen-bond acceptors (Lipinski definition) is 3. The normalized spacial score (nSPS) is 16.5. The van der Waals surface area contributed by atoms with Gasteiger partial charge in [0.25, 0.3) is 0 Å². The minimum absolute atomic E-state index is 0. The molecule has 3 rings (SSSR count). The number of carbonyl (C=O) groups excluding carboxylic acids is 1. The quantitative estimate of drug-likeness (QED) is 0.896. The minimum atomic E-state index is 0. The van der Waals surface area contributed by atoms with Crippen molar-refractivity contribution >= 4 is 24.0 Å². The average Bonchev–Trinajstić information content (AvgIpc) is 3.05. The summed E-state index contributed by atoms with van der Waals surface area (Å²) < 4.78 is 5.90. The number of nitrogens with one attached hydrogen (secondary N) is 2. The Morgan fingerprint density at radius 3 is 2.70 bits per heavy atom. The van der Waals surface area contributed by atoms with Crippen LogP contribution in [0.5, 0.6) is 11.5 Å². The van der Waals surface area contributed by atoms with E-state index in [1.165, 1.54) is 0 Å². The van der Waals surface area contributed by atoms with Crippen LogP contribution in [0.15, 0.2) is 48.5 Å². The molecular formula is C18H21ClN2O2. The molecule has 122 valence electrons. The van der Waals surface area contributed by atoms with Gasteiger partial charge in [0, 0.05) is 6.54 Å². The highest BCUT2D eigenvalue weighted by molar-refractivity contribution is 5.94. The van der Waals surface area contributed by atoms with Crippen LogP contribution in [0.25, 0.3) is 0 Å². The van der Waals surface area contributed by atoms with Crippen LogP contribution in [0.3, 0.4) is 0 Å². The third-order valence-corrected chi connectivity index (χ3v) is 3.80. The van der Waals surface area contributed by atoms with Crippen molar-refractivity contribution in [1.82, 2.24) is 5.32 Å². The highest BCUT2D eigenvalue weighted by atomic mass is 35.5. The van der Waals surface area contributed by atoms with Gasteiger partial charge >= 0.3 is 0 Å². The van der Waals surface area contributed by atoms with E-state index in [1.807, 2.05) is 55.5 Å². The molecule has 23 heavy (non-hydrogen) atoms. The second-order valence-corrected chi connectivity index (χ2v) is 5.59. The van der Waals surface area contributed by atoms with Crippen LogP contribution in [0, 0.1) is 12.8 Å². The predicted molar refractivity (Wildman–Crippen MR) is 94.5 cm³/mol. The molecule has 0 radical (unpaired) electrons. The van der Waals surface area contributed by atoms with Crippen molar-refractivity contribution in [2.24, 2.45) is 5.92 Å². The number of anilines is 1. The van der Waals surface area contributed by atoms with Gasteiger partial charge in [0.2, 0.25) is 5.91 Å². The smallest absolute Gasteiger partial charge is 0.228 e. The molecule has 1 aliphatic heterocycles. The molecular weight excluding hydrogens is 312 g/mol. The van der Waals surface area contributed by atoms with Crippen LogP contribution in [0.4, 0.5) is 5.69 Å². The molecule has 1 saturated heterocycles. The third kappa shape index (κ3) is 4.47. The number of benzene rings is 2.